The third-order valence-corrected chi connectivity index (χ3v) is 6.31. The van der Waals surface area contributed by atoms with Crippen molar-refractivity contribution in [1.29, 1.82) is 0 Å². The molecular weight excluding hydrogens is 250 g/mol. The molecule has 5 nitrogen and oxygen atoms in total. The molecule has 106 valence electrons. The Balaban J connectivity index is 1.97. The minimum Gasteiger partial charge on any atom is -0.315 e. The van der Waals surface area contributed by atoms with Gasteiger partial charge in [0.25, 0.3) is 0 Å². The van der Waals surface area contributed by atoms with Crippen LogP contribution in [0.2, 0.25) is 0 Å². The molecule has 2 fully saturated rings. The Morgan fingerprint density at radius 1 is 1.11 bits per heavy atom. The molecule has 0 aliphatic carbocycles. The Morgan fingerprint density at radius 2 is 1.72 bits per heavy atom. The summed E-state index contributed by atoms with van der Waals surface area (Å²) in [4.78, 5) is 2.35. The minimum absolute atomic E-state index is 0.130. The molecule has 0 radical (unpaired) electrons. The molecule has 0 saturated carbocycles. The lowest BCUT2D eigenvalue weighted by atomic mass is 10.1. The highest BCUT2D eigenvalue weighted by atomic mass is 32.2. The molecule has 1 atom stereocenters. The fourth-order valence-electron chi connectivity index (χ4n) is 2.71. The van der Waals surface area contributed by atoms with Crippen molar-refractivity contribution in [1.82, 2.24) is 14.5 Å². The quantitative estimate of drug-likeness (QED) is 0.776. The average Bonchev–Trinajstić information content (AvgIpc) is 2.82. The third-order valence-electron chi connectivity index (χ3n) is 3.98. The minimum atomic E-state index is -3.09. The summed E-state index contributed by atoms with van der Waals surface area (Å²) in [5.41, 5.74) is 0.130. The molecule has 1 unspecified atom stereocenters. The Labute approximate surface area is 111 Å². The molecule has 18 heavy (non-hydrogen) atoms. The molecule has 0 bridgehead atoms. The number of hydrogen-bond acceptors (Lipinski definition) is 4. The topological polar surface area (TPSA) is 52.7 Å². The molecule has 0 amide bonds. The first kappa shape index (κ1) is 14.2. The van der Waals surface area contributed by atoms with Crippen molar-refractivity contribution in [2.24, 2.45) is 0 Å². The highest BCUT2D eigenvalue weighted by molar-refractivity contribution is 7.89. The first-order valence-electron chi connectivity index (χ1n) is 6.76. The molecule has 0 aromatic rings. The predicted molar refractivity (Wildman–Crippen MR) is 73.1 cm³/mol. The summed E-state index contributed by atoms with van der Waals surface area (Å²) >= 11 is 0. The van der Waals surface area contributed by atoms with Crippen LogP contribution >= 0.6 is 0 Å². The third kappa shape index (κ3) is 2.87. The maximum Gasteiger partial charge on any atom is 0.218 e. The lowest BCUT2D eigenvalue weighted by molar-refractivity contribution is 0.0919. The molecule has 2 saturated heterocycles. The summed E-state index contributed by atoms with van der Waals surface area (Å²) in [6.45, 7) is 10.9. The second-order valence-electron chi connectivity index (χ2n) is 6.22. The standard InChI is InChI=1S/C12H25N3O2S/c1-12(2,3)14-6-8-15(9-7-14)18(16,17)11-4-5-13-10-11/h11,13H,4-10H2,1-3H3. The SMILES string of the molecule is CC(C)(C)N1CCN(S(=O)(=O)C2CCNC2)CC1. The lowest BCUT2D eigenvalue weighted by Gasteiger charge is -2.42. The van der Waals surface area contributed by atoms with Gasteiger partial charge in [0, 0.05) is 38.3 Å². The number of nitrogens with zero attached hydrogens (tertiary/aromatic N) is 2. The average molecular weight is 275 g/mol. The van der Waals surface area contributed by atoms with Gasteiger partial charge in [-0.05, 0) is 33.7 Å². The van der Waals surface area contributed by atoms with E-state index in [-0.39, 0.29) is 10.8 Å². The zero-order valence-electron chi connectivity index (χ0n) is 11.6. The van der Waals surface area contributed by atoms with Crippen molar-refractivity contribution in [3.05, 3.63) is 0 Å². The van der Waals surface area contributed by atoms with Crippen LogP contribution in [-0.4, -0.2) is 67.7 Å². The smallest absolute Gasteiger partial charge is 0.218 e. The largest absolute Gasteiger partial charge is 0.315 e. The van der Waals surface area contributed by atoms with Crippen LogP contribution < -0.4 is 5.32 Å². The Hall–Kier alpha value is -0.170. The van der Waals surface area contributed by atoms with Crippen molar-refractivity contribution >= 4 is 10.0 Å². The summed E-state index contributed by atoms with van der Waals surface area (Å²) in [7, 11) is -3.09. The van der Waals surface area contributed by atoms with Crippen LogP contribution in [-0.2, 0) is 10.0 Å². The summed E-state index contributed by atoms with van der Waals surface area (Å²) in [6.07, 6.45) is 0.752. The van der Waals surface area contributed by atoms with E-state index >= 15 is 0 Å². The van der Waals surface area contributed by atoms with E-state index in [2.05, 4.69) is 31.0 Å². The molecule has 0 aromatic carbocycles. The highest BCUT2D eigenvalue weighted by Gasteiger charge is 2.37. The van der Waals surface area contributed by atoms with Crippen molar-refractivity contribution < 1.29 is 8.42 Å². The molecule has 2 heterocycles. The molecule has 0 aromatic heterocycles. The van der Waals surface area contributed by atoms with Gasteiger partial charge in [-0.15, -0.1) is 0 Å². The first-order chi connectivity index (χ1) is 8.32. The van der Waals surface area contributed by atoms with Gasteiger partial charge in [-0.2, -0.15) is 4.31 Å². The van der Waals surface area contributed by atoms with Gasteiger partial charge in [0.2, 0.25) is 10.0 Å². The predicted octanol–water partition coefficient (Wildman–Crippen LogP) is 0.0942. The van der Waals surface area contributed by atoms with Gasteiger partial charge in [-0.25, -0.2) is 8.42 Å². The Kier molecular flexibility index (Phi) is 4.02. The molecule has 0 spiro atoms. The van der Waals surface area contributed by atoms with Crippen LogP contribution in [0, 0.1) is 0 Å². The fraction of sp³-hybridized carbons (Fsp3) is 1.00. The maximum atomic E-state index is 12.4. The first-order valence-corrected chi connectivity index (χ1v) is 8.27. The van der Waals surface area contributed by atoms with Gasteiger partial charge in [0.1, 0.15) is 0 Å². The van der Waals surface area contributed by atoms with E-state index in [1.54, 1.807) is 4.31 Å². The van der Waals surface area contributed by atoms with Gasteiger partial charge < -0.3 is 5.32 Å². The van der Waals surface area contributed by atoms with Crippen molar-refractivity contribution in [3.63, 3.8) is 0 Å². The molecule has 2 aliphatic heterocycles. The number of rotatable bonds is 2. The number of piperazine rings is 1. The van der Waals surface area contributed by atoms with E-state index in [4.69, 9.17) is 0 Å². The molecule has 2 rings (SSSR count). The van der Waals surface area contributed by atoms with Gasteiger partial charge in [0.15, 0.2) is 0 Å². The van der Waals surface area contributed by atoms with Crippen LogP contribution in [0.5, 0.6) is 0 Å². The molecular formula is C12H25N3O2S. The zero-order valence-corrected chi connectivity index (χ0v) is 12.5. The Morgan fingerprint density at radius 3 is 2.17 bits per heavy atom. The maximum absolute atomic E-state index is 12.4. The van der Waals surface area contributed by atoms with Crippen molar-refractivity contribution in [2.75, 3.05) is 39.3 Å². The lowest BCUT2D eigenvalue weighted by Crippen LogP contribution is -2.56. The van der Waals surface area contributed by atoms with Gasteiger partial charge in [0.05, 0.1) is 5.25 Å². The van der Waals surface area contributed by atoms with Gasteiger partial charge >= 0.3 is 0 Å². The summed E-state index contributed by atoms with van der Waals surface area (Å²) in [5.74, 6) is 0. The molecule has 6 heteroatoms. The van der Waals surface area contributed by atoms with E-state index in [1.165, 1.54) is 0 Å². The van der Waals surface area contributed by atoms with Gasteiger partial charge in [-0.3, -0.25) is 4.90 Å². The van der Waals surface area contributed by atoms with Gasteiger partial charge in [-0.1, -0.05) is 0 Å². The second-order valence-corrected chi connectivity index (χ2v) is 8.43. The normalized spacial score (nSPS) is 28.7. The van der Waals surface area contributed by atoms with E-state index in [9.17, 15) is 8.42 Å². The second kappa shape index (κ2) is 5.07. The van der Waals surface area contributed by atoms with E-state index < -0.39 is 10.0 Å². The summed E-state index contributed by atoms with van der Waals surface area (Å²) in [5, 5.41) is 2.92. The van der Waals surface area contributed by atoms with E-state index in [0.29, 0.717) is 19.6 Å². The monoisotopic (exact) mass is 275 g/mol. The van der Waals surface area contributed by atoms with Crippen LogP contribution in [0.25, 0.3) is 0 Å². The zero-order chi connectivity index (χ0) is 13.4. The van der Waals surface area contributed by atoms with Crippen molar-refractivity contribution in [3.8, 4) is 0 Å². The van der Waals surface area contributed by atoms with E-state index in [0.717, 1.165) is 26.1 Å². The number of sulfonamides is 1. The Bertz CT molecular complexity index is 375. The van der Waals surface area contributed by atoms with Crippen LogP contribution in [0.1, 0.15) is 27.2 Å². The summed E-state index contributed by atoms with van der Waals surface area (Å²) < 4.78 is 26.5. The number of hydrogen-bond donors (Lipinski definition) is 1. The summed E-state index contributed by atoms with van der Waals surface area (Å²) in [6, 6.07) is 0. The van der Waals surface area contributed by atoms with Crippen LogP contribution in [0.15, 0.2) is 0 Å². The van der Waals surface area contributed by atoms with Crippen molar-refractivity contribution in [2.45, 2.75) is 38.0 Å². The fourth-order valence-corrected chi connectivity index (χ4v) is 4.54. The number of nitrogens with one attached hydrogen (secondary N) is 1. The van der Waals surface area contributed by atoms with E-state index in [1.807, 2.05) is 0 Å². The molecule has 2 aliphatic rings. The molecule has 1 N–H and O–H groups in total. The van der Waals surface area contributed by atoms with Crippen LogP contribution in [0.4, 0.5) is 0 Å². The highest BCUT2D eigenvalue weighted by Crippen LogP contribution is 2.21. The van der Waals surface area contributed by atoms with Crippen LogP contribution in [0.3, 0.4) is 0 Å².